The lowest BCUT2D eigenvalue weighted by Crippen LogP contribution is -2.48. The second kappa shape index (κ2) is 10.0. The number of benzene rings is 1. The number of para-hydroxylation sites is 1. The molecule has 2 heterocycles. The fourth-order valence-electron chi connectivity index (χ4n) is 3.45. The molecule has 2 aromatic rings. The summed E-state index contributed by atoms with van der Waals surface area (Å²) in [5, 5.41) is 2.87. The van der Waals surface area contributed by atoms with Crippen molar-refractivity contribution in [3.63, 3.8) is 0 Å². The summed E-state index contributed by atoms with van der Waals surface area (Å²) in [4.78, 5) is 33.5. The van der Waals surface area contributed by atoms with Gasteiger partial charge in [-0.05, 0) is 36.7 Å². The molecule has 0 aliphatic carbocycles. The predicted molar refractivity (Wildman–Crippen MR) is 111 cm³/mol. The number of aromatic nitrogens is 1. The third-order valence-electron chi connectivity index (χ3n) is 5.22. The number of carbonyl (C=O) groups is 2. The molecule has 1 fully saturated rings. The third-order valence-corrected chi connectivity index (χ3v) is 5.22. The van der Waals surface area contributed by atoms with Gasteiger partial charge in [0.25, 0.3) is 11.8 Å². The molecular weight excluding hydrogens is 368 g/mol. The van der Waals surface area contributed by atoms with Crippen LogP contribution in [0.3, 0.4) is 0 Å². The summed E-state index contributed by atoms with van der Waals surface area (Å²) in [6.07, 6.45) is 2.17. The molecule has 0 bridgehead atoms. The number of piperazine rings is 1. The van der Waals surface area contributed by atoms with Crippen molar-refractivity contribution in [3.05, 3.63) is 59.4 Å². The van der Waals surface area contributed by atoms with Crippen molar-refractivity contribution in [3.8, 4) is 5.75 Å². The Morgan fingerprint density at radius 3 is 2.62 bits per heavy atom. The number of nitrogens with zero attached hydrogens (tertiary/aromatic N) is 3. The van der Waals surface area contributed by atoms with Crippen LogP contribution >= 0.6 is 0 Å². The zero-order valence-electron chi connectivity index (χ0n) is 17.1. The van der Waals surface area contributed by atoms with Crippen molar-refractivity contribution in [2.45, 2.75) is 13.3 Å². The van der Waals surface area contributed by atoms with Gasteiger partial charge in [-0.1, -0.05) is 25.1 Å². The smallest absolute Gasteiger partial charge is 0.269 e. The van der Waals surface area contributed by atoms with E-state index in [4.69, 9.17) is 4.74 Å². The first-order chi connectivity index (χ1) is 14.1. The molecule has 7 nitrogen and oxygen atoms in total. The SMILES string of the molecule is CCN1CCN(C(=O)c2ccnc(C(=O)NCCc3ccccc3OC)c2)CC1. The van der Waals surface area contributed by atoms with E-state index in [1.165, 1.54) is 6.20 Å². The molecule has 1 aromatic carbocycles. The van der Waals surface area contributed by atoms with Gasteiger partial charge in [0.15, 0.2) is 0 Å². The molecule has 0 radical (unpaired) electrons. The van der Waals surface area contributed by atoms with E-state index < -0.39 is 0 Å². The molecule has 0 unspecified atom stereocenters. The number of likely N-dealkylation sites (N-methyl/N-ethyl adjacent to an activating group) is 1. The fraction of sp³-hybridized carbons (Fsp3) is 0.409. The van der Waals surface area contributed by atoms with Gasteiger partial charge in [0, 0.05) is 44.5 Å². The van der Waals surface area contributed by atoms with Crippen LogP contribution in [0.5, 0.6) is 5.75 Å². The van der Waals surface area contributed by atoms with Crippen molar-refractivity contribution in [1.29, 1.82) is 0 Å². The van der Waals surface area contributed by atoms with Crippen LogP contribution in [0.4, 0.5) is 0 Å². The van der Waals surface area contributed by atoms with Crippen molar-refractivity contribution >= 4 is 11.8 Å². The number of methoxy groups -OCH3 is 1. The molecule has 154 valence electrons. The molecule has 1 aliphatic heterocycles. The summed E-state index contributed by atoms with van der Waals surface area (Å²) in [6.45, 7) is 6.74. The van der Waals surface area contributed by atoms with Crippen molar-refractivity contribution in [2.75, 3.05) is 46.4 Å². The standard InChI is InChI=1S/C22H28N4O3/c1-3-25-12-14-26(15-13-25)22(28)18-9-10-23-19(16-18)21(27)24-11-8-17-6-4-5-7-20(17)29-2/h4-7,9-10,16H,3,8,11-15H2,1-2H3,(H,24,27). The molecule has 1 saturated heterocycles. The monoisotopic (exact) mass is 396 g/mol. The highest BCUT2D eigenvalue weighted by Crippen LogP contribution is 2.17. The van der Waals surface area contributed by atoms with Crippen molar-refractivity contribution < 1.29 is 14.3 Å². The molecule has 3 rings (SSSR count). The number of pyridine rings is 1. The van der Waals surface area contributed by atoms with Crippen LogP contribution in [0.2, 0.25) is 0 Å². The summed E-state index contributed by atoms with van der Waals surface area (Å²) < 4.78 is 5.33. The largest absolute Gasteiger partial charge is 0.496 e. The van der Waals surface area contributed by atoms with E-state index in [0.717, 1.165) is 30.9 Å². The van der Waals surface area contributed by atoms with E-state index in [0.29, 0.717) is 31.6 Å². The minimum atomic E-state index is -0.287. The Balaban J connectivity index is 1.57. The molecule has 0 spiro atoms. The highest BCUT2D eigenvalue weighted by atomic mass is 16.5. The Bertz CT molecular complexity index is 847. The van der Waals surface area contributed by atoms with Crippen LogP contribution in [0, 0.1) is 0 Å². The maximum absolute atomic E-state index is 12.8. The van der Waals surface area contributed by atoms with Crippen LogP contribution < -0.4 is 10.1 Å². The normalized spacial score (nSPS) is 14.5. The van der Waals surface area contributed by atoms with Crippen molar-refractivity contribution in [2.24, 2.45) is 0 Å². The van der Waals surface area contributed by atoms with E-state index >= 15 is 0 Å². The third kappa shape index (κ3) is 5.32. The van der Waals surface area contributed by atoms with Crippen LogP contribution in [0.1, 0.15) is 33.3 Å². The Labute approximate surface area is 171 Å². The molecule has 7 heteroatoms. The molecule has 0 saturated carbocycles. The lowest BCUT2D eigenvalue weighted by molar-refractivity contribution is 0.0643. The Morgan fingerprint density at radius 1 is 1.14 bits per heavy atom. The number of hydrogen-bond acceptors (Lipinski definition) is 5. The average Bonchev–Trinajstić information content (AvgIpc) is 2.79. The van der Waals surface area contributed by atoms with E-state index in [-0.39, 0.29) is 17.5 Å². The van der Waals surface area contributed by atoms with Gasteiger partial charge in [-0.15, -0.1) is 0 Å². The number of carbonyl (C=O) groups excluding carboxylic acids is 2. The van der Waals surface area contributed by atoms with Gasteiger partial charge in [-0.3, -0.25) is 14.6 Å². The Morgan fingerprint density at radius 2 is 1.90 bits per heavy atom. The number of rotatable bonds is 7. The summed E-state index contributed by atoms with van der Waals surface area (Å²) >= 11 is 0. The number of nitrogens with one attached hydrogen (secondary N) is 1. The zero-order valence-corrected chi connectivity index (χ0v) is 17.1. The van der Waals surface area contributed by atoms with Gasteiger partial charge in [0.1, 0.15) is 11.4 Å². The topological polar surface area (TPSA) is 74.8 Å². The highest BCUT2D eigenvalue weighted by Gasteiger charge is 2.22. The van der Waals surface area contributed by atoms with Gasteiger partial charge >= 0.3 is 0 Å². The van der Waals surface area contributed by atoms with Crippen LogP contribution in [-0.2, 0) is 6.42 Å². The molecule has 0 atom stereocenters. The van der Waals surface area contributed by atoms with Crippen LogP contribution in [0.25, 0.3) is 0 Å². The lowest BCUT2D eigenvalue weighted by Gasteiger charge is -2.34. The summed E-state index contributed by atoms with van der Waals surface area (Å²) in [5.74, 6) is 0.465. The summed E-state index contributed by atoms with van der Waals surface area (Å²) in [7, 11) is 1.63. The molecule has 1 N–H and O–H groups in total. The van der Waals surface area contributed by atoms with Gasteiger partial charge in [0.05, 0.1) is 7.11 Å². The number of hydrogen-bond donors (Lipinski definition) is 1. The summed E-state index contributed by atoms with van der Waals surface area (Å²) in [5.41, 5.74) is 1.78. The molecule has 1 aliphatic rings. The molecule has 2 amide bonds. The van der Waals surface area contributed by atoms with Gasteiger partial charge in [-0.25, -0.2) is 0 Å². The second-order valence-electron chi connectivity index (χ2n) is 6.97. The van der Waals surface area contributed by atoms with E-state index in [1.54, 1.807) is 19.2 Å². The molecule has 1 aromatic heterocycles. The lowest BCUT2D eigenvalue weighted by atomic mass is 10.1. The highest BCUT2D eigenvalue weighted by molar-refractivity contribution is 5.98. The second-order valence-corrected chi connectivity index (χ2v) is 6.97. The van der Waals surface area contributed by atoms with Gasteiger partial charge in [-0.2, -0.15) is 0 Å². The maximum atomic E-state index is 12.8. The average molecular weight is 396 g/mol. The van der Waals surface area contributed by atoms with E-state index in [9.17, 15) is 9.59 Å². The quantitative estimate of drug-likeness (QED) is 0.773. The summed E-state index contributed by atoms with van der Waals surface area (Å²) in [6, 6.07) is 11.0. The predicted octanol–water partition coefficient (Wildman–Crippen LogP) is 1.84. The zero-order chi connectivity index (χ0) is 20.6. The maximum Gasteiger partial charge on any atom is 0.269 e. The van der Waals surface area contributed by atoms with E-state index in [1.807, 2.05) is 29.2 Å². The first-order valence-corrected chi connectivity index (χ1v) is 10.00. The fourth-order valence-corrected chi connectivity index (χ4v) is 3.45. The van der Waals surface area contributed by atoms with Crippen LogP contribution in [-0.4, -0.2) is 73.0 Å². The Hall–Kier alpha value is -2.93. The van der Waals surface area contributed by atoms with Gasteiger partial charge < -0.3 is 19.9 Å². The number of ether oxygens (including phenoxy) is 1. The van der Waals surface area contributed by atoms with Crippen LogP contribution in [0.15, 0.2) is 42.6 Å². The van der Waals surface area contributed by atoms with E-state index in [2.05, 4.69) is 22.1 Å². The minimum absolute atomic E-state index is 0.0498. The minimum Gasteiger partial charge on any atom is -0.496 e. The first kappa shape index (κ1) is 20.8. The Kier molecular flexibility index (Phi) is 7.19. The molecule has 29 heavy (non-hydrogen) atoms. The first-order valence-electron chi connectivity index (χ1n) is 10.00. The van der Waals surface area contributed by atoms with Crippen molar-refractivity contribution in [1.82, 2.24) is 20.1 Å². The molecular formula is C22H28N4O3. The number of amides is 2. The van der Waals surface area contributed by atoms with Gasteiger partial charge in [0.2, 0.25) is 0 Å².